The molecule has 2 aromatic rings. The van der Waals surface area contributed by atoms with E-state index < -0.39 is 17.9 Å². The first kappa shape index (κ1) is 19.4. The van der Waals surface area contributed by atoms with E-state index in [4.69, 9.17) is 18.0 Å². The van der Waals surface area contributed by atoms with Gasteiger partial charge in [-0.3, -0.25) is 20.4 Å². The molecule has 7 nitrogen and oxygen atoms in total. The maximum Gasteiger partial charge on any atom is 0.261 e. The first-order valence-corrected chi connectivity index (χ1v) is 8.44. The number of anilines is 1. The van der Waals surface area contributed by atoms with Crippen LogP contribution in [0.5, 0.6) is 0 Å². The average molecular weight is 371 g/mol. The fourth-order valence-electron chi connectivity index (χ4n) is 2.20. The Bertz CT molecular complexity index is 740. The molecule has 2 rings (SSSR count). The molecule has 0 bridgehead atoms. The standard InChI is InChI=1S/C18H21N5O2S/c19-12-16(24)21-15(11-13-7-3-1-4-8-13)17(25)22-23-18(26)20-14-9-5-2-6-10-14/h1-10,15H,11-12,19H2,(H,21,24)(H,22,25)(H2,20,23,26)/t15-/m0/s1. The summed E-state index contributed by atoms with van der Waals surface area (Å²) in [6, 6.07) is 17.9. The van der Waals surface area contributed by atoms with Gasteiger partial charge in [-0.15, -0.1) is 0 Å². The van der Waals surface area contributed by atoms with Crippen molar-refractivity contribution in [3.63, 3.8) is 0 Å². The number of rotatable bonds is 6. The first-order chi connectivity index (χ1) is 12.6. The lowest BCUT2D eigenvalue weighted by atomic mass is 10.1. The number of carbonyl (C=O) groups excluding carboxylic acids is 2. The quantitative estimate of drug-likeness (QED) is 0.378. The first-order valence-electron chi connectivity index (χ1n) is 8.03. The molecule has 1 atom stereocenters. The van der Waals surface area contributed by atoms with E-state index in [1.165, 1.54) is 0 Å². The van der Waals surface area contributed by atoms with Crippen molar-refractivity contribution in [1.29, 1.82) is 0 Å². The molecule has 2 aromatic carbocycles. The van der Waals surface area contributed by atoms with Crippen LogP contribution < -0.4 is 27.2 Å². The van der Waals surface area contributed by atoms with Gasteiger partial charge >= 0.3 is 0 Å². The number of benzene rings is 2. The molecular formula is C18H21N5O2S. The predicted molar refractivity (Wildman–Crippen MR) is 105 cm³/mol. The van der Waals surface area contributed by atoms with Crippen molar-refractivity contribution in [3.05, 3.63) is 66.2 Å². The lowest BCUT2D eigenvalue weighted by molar-refractivity contribution is -0.128. The van der Waals surface area contributed by atoms with Crippen LogP contribution in [0.15, 0.2) is 60.7 Å². The molecule has 0 aliphatic heterocycles. The number of para-hydroxylation sites is 1. The van der Waals surface area contributed by atoms with Crippen LogP contribution in [0.4, 0.5) is 5.69 Å². The number of carbonyl (C=O) groups is 2. The maximum absolute atomic E-state index is 12.4. The van der Waals surface area contributed by atoms with Crippen molar-refractivity contribution < 1.29 is 9.59 Å². The van der Waals surface area contributed by atoms with Gasteiger partial charge in [-0.2, -0.15) is 0 Å². The summed E-state index contributed by atoms with van der Waals surface area (Å²) in [5, 5.41) is 5.77. The fraction of sp³-hybridized carbons (Fsp3) is 0.167. The second-order valence-corrected chi connectivity index (χ2v) is 5.86. The molecule has 0 heterocycles. The summed E-state index contributed by atoms with van der Waals surface area (Å²) < 4.78 is 0. The smallest absolute Gasteiger partial charge is 0.261 e. The summed E-state index contributed by atoms with van der Waals surface area (Å²) >= 11 is 5.14. The Hall–Kier alpha value is -2.97. The van der Waals surface area contributed by atoms with E-state index in [9.17, 15) is 9.59 Å². The van der Waals surface area contributed by atoms with Gasteiger partial charge < -0.3 is 16.4 Å². The molecule has 8 heteroatoms. The zero-order chi connectivity index (χ0) is 18.8. The van der Waals surface area contributed by atoms with Gasteiger partial charge in [-0.05, 0) is 29.9 Å². The van der Waals surface area contributed by atoms with Gasteiger partial charge in [0.1, 0.15) is 6.04 Å². The molecule has 0 spiro atoms. The molecule has 0 saturated heterocycles. The Kier molecular flexibility index (Phi) is 7.53. The van der Waals surface area contributed by atoms with Gasteiger partial charge in [0.15, 0.2) is 5.11 Å². The summed E-state index contributed by atoms with van der Waals surface area (Å²) in [6.07, 6.45) is 0.332. The molecule has 0 aliphatic rings. The van der Waals surface area contributed by atoms with Crippen LogP contribution in [0, 0.1) is 0 Å². The van der Waals surface area contributed by atoms with Crippen LogP contribution in [-0.2, 0) is 16.0 Å². The van der Waals surface area contributed by atoms with Crippen LogP contribution >= 0.6 is 12.2 Å². The SMILES string of the molecule is NCC(=O)N[C@@H](Cc1ccccc1)C(=O)NNC(=S)Nc1ccccc1. The normalized spacial score (nSPS) is 11.1. The summed E-state index contributed by atoms with van der Waals surface area (Å²) in [4.78, 5) is 24.1. The van der Waals surface area contributed by atoms with Gasteiger partial charge in [-0.1, -0.05) is 48.5 Å². The minimum atomic E-state index is -0.777. The molecule has 2 amide bonds. The van der Waals surface area contributed by atoms with Gasteiger partial charge in [-0.25, -0.2) is 0 Å². The molecule has 26 heavy (non-hydrogen) atoms. The van der Waals surface area contributed by atoms with E-state index in [-0.39, 0.29) is 11.7 Å². The number of nitrogens with one attached hydrogen (secondary N) is 4. The predicted octanol–water partition coefficient (Wildman–Crippen LogP) is 0.690. The van der Waals surface area contributed by atoms with Crippen molar-refractivity contribution in [2.24, 2.45) is 5.73 Å². The molecule has 6 N–H and O–H groups in total. The van der Waals surface area contributed by atoms with E-state index in [1.807, 2.05) is 60.7 Å². The summed E-state index contributed by atoms with van der Waals surface area (Å²) in [5.74, 6) is -0.834. The number of amides is 2. The van der Waals surface area contributed by atoms with Crippen LogP contribution in [0.2, 0.25) is 0 Å². The zero-order valence-electron chi connectivity index (χ0n) is 14.1. The molecular weight excluding hydrogens is 350 g/mol. The number of hydrogen-bond donors (Lipinski definition) is 5. The third-order valence-electron chi connectivity index (χ3n) is 3.45. The van der Waals surface area contributed by atoms with Crippen LogP contribution in [0.3, 0.4) is 0 Å². The molecule has 0 saturated carbocycles. The molecule has 0 fully saturated rings. The van der Waals surface area contributed by atoms with E-state index in [0.717, 1.165) is 11.3 Å². The average Bonchev–Trinajstić information content (AvgIpc) is 2.67. The minimum absolute atomic E-state index is 0.194. The highest BCUT2D eigenvalue weighted by atomic mass is 32.1. The monoisotopic (exact) mass is 371 g/mol. The number of nitrogens with two attached hydrogens (primary N) is 1. The summed E-state index contributed by atoms with van der Waals surface area (Å²) in [5.41, 5.74) is 12.2. The minimum Gasteiger partial charge on any atom is -0.343 e. The number of hydrogen-bond acceptors (Lipinski definition) is 4. The molecule has 0 aromatic heterocycles. The highest BCUT2D eigenvalue weighted by molar-refractivity contribution is 7.80. The van der Waals surface area contributed by atoms with Gasteiger partial charge in [0, 0.05) is 12.1 Å². The van der Waals surface area contributed by atoms with Gasteiger partial charge in [0.2, 0.25) is 5.91 Å². The van der Waals surface area contributed by atoms with Crippen molar-refractivity contribution in [2.75, 3.05) is 11.9 Å². The molecule has 136 valence electrons. The maximum atomic E-state index is 12.4. The van der Waals surface area contributed by atoms with E-state index in [1.54, 1.807) is 0 Å². The summed E-state index contributed by atoms with van der Waals surface area (Å²) in [7, 11) is 0. The summed E-state index contributed by atoms with van der Waals surface area (Å²) in [6.45, 7) is -0.194. The second kappa shape index (κ2) is 10.1. The van der Waals surface area contributed by atoms with Crippen molar-refractivity contribution in [1.82, 2.24) is 16.2 Å². The van der Waals surface area contributed by atoms with E-state index in [2.05, 4.69) is 21.5 Å². The topological polar surface area (TPSA) is 108 Å². The highest BCUT2D eigenvalue weighted by Crippen LogP contribution is 2.05. The zero-order valence-corrected chi connectivity index (χ0v) is 14.9. The Morgan fingerprint density at radius 3 is 2.19 bits per heavy atom. The van der Waals surface area contributed by atoms with E-state index >= 15 is 0 Å². The molecule has 0 radical (unpaired) electrons. The molecule has 0 aliphatic carbocycles. The number of hydrazine groups is 1. The Morgan fingerprint density at radius 1 is 0.962 bits per heavy atom. The van der Waals surface area contributed by atoms with Crippen molar-refractivity contribution in [2.45, 2.75) is 12.5 Å². The Labute approximate surface area is 157 Å². The molecule has 0 unspecified atom stereocenters. The van der Waals surface area contributed by atoms with Crippen LogP contribution in [0.1, 0.15) is 5.56 Å². The largest absolute Gasteiger partial charge is 0.343 e. The van der Waals surface area contributed by atoms with Gasteiger partial charge in [0.25, 0.3) is 5.91 Å². The fourth-order valence-corrected chi connectivity index (χ4v) is 2.37. The Balaban J connectivity index is 1.92. The van der Waals surface area contributed by atoms with Crippen LogP contribution in [0.25, 0.3) is 0 Å². The lowest BCUT2D eigenvalue weighted by Crippen LogP contribution is -2.54. The number of thiocarbonyl (C=S) groups is 1. The van der Waals surface area contributed by atoms with E-state index in [0.29, 0.717) is 6.42 Å². The van der Waals surface area contributed by atoms with Crippen molar-refractivity contribution in [3.8, 4) is 0 Å². The van der Waals surface area contributed by atoms with Gasteiger partial charge in [0.05, 0.1) is 6.54 Å². The lowest BCUT2D eigenvalue weighted by Gasteiger charge is -2.19. The second-order valence-electron chi connectivity index (χ2n) is 5.45. The van der Waals surface area contributed by atoms with Crippen molar-refractivity contribution >= 4 is 34.8 Å². The van der Waals surface area contributed by atoms with Crippen LogP contribution in [-0.4, -0.2) is 29.5 Å². The third-order valence-corrected chi connectivity index (χ3v) is 3.65. The Morgan fingerprint density at radius 2 is 1.58 bits per heavy atom. The highest BCUT2D eigenvalue weighted by Gasteiger charge is 2.20. The third kappa shape index (κ3) is 6.50.